The number of carbonyl (C=O) groups excluding carboxylic acids is 1. The van der Waals surface area contributed by atoms with Crippen molar-refractivity contribution >= 4 is 40.3 Å². The number of thioether (sulfide) groups is 1. The van der Waals surface area contributed by atoms with Crippen molar-refractivity contribution in [3.05, 3.63) is 64.6 Å². The number of rotatable bonds is 2. The van der Waals surface area contributed by atoms with Gasteiger partial charge in [-0.3, -0.25) is 9.69 Å². The predicted octanol–water partition coefficient (Wildman–Crippen LogP) is 5.64. The third-order valence-electron chi connectivity index (χ3n) is 5.94. The molecule has 4 nitrogen and oxygen atoms in total. The van der Waals surface area contributed by atoms with Gasteiger partial charge in [-0.1, -0.05) is 31.2 Å². The minimum atomic E-state index is -0.00583. The van der Waals surface area contributed by atoms with Crippen LogP contribution in [0.5, 0.6) is 0 Å². The summed E-state index contributed by atoms with van der Waals surface area (Å²) in [5, 5.41) is 0.709. The maximum atomic E-state index is 12.7. The number of amides is 1. The van der Waals surface area contributed by atoms with Crippen molar-refractivity contribution in [1.29, 1.82) is 0 Å². The van der Waals surface area contributed by atoms with Crippen LogP contribution in [0.1, 0.15) is 44.2 Å². The maximum absolute atomic E-state index is 12.7. The van der Waals surface area contributed by atoms with Gasteiger partial charge in [-0.25, -0.2) is 4.99 Å². The molecule has 2 aromatic rings. The minimum absolute atomic E-state index is 0.00583. The topological polar surface area (TPSA) is 35.9 Å². The molecule has 2 aliphatic rings. The van der Waals surface area contributed by atoms with Crippen molar-refractivity contribution in [2.45, 2.75) is 38.6 Å². The lowest BCUT2D eigenvalue weighted by molar-refractivity contribution is -0.121. The van der Waals surface area contributed by atoms with E-state index >= 15 is 0 Å². The predicted molar refractivity (Wildman–Crippen MR) is 124 cm³/mol. The van der Waals surface area contributed by atoms with Crippen molar-refractivity contribution in [2.75, 3.05) is 19.0 Å². The first-order valence-corrected chi connectivity index (χ1v) is 10.8. The Morgan fingerprint density at radius 3 is 2.59 bits per heavy atom. The van der Waals surface area contributed by atoms with Crippen molar-refractivity contribution in [2.24, 2.45) is 4.99 Å². The van der Waals surface area contributed by atoms with E-state index in [2.05, 4.69) is 55.9 Å². The Kier molecular flexibility index (Phi) is 5.03. The number of anilines is 1. The zero-order valence-corrected chi connectivity index (χ0v) is 18.5. The summed E-state index contributed by atoms with van der Waals surface area (Å²) in [6.07, 6.45) is 3.10. The van der Waals surface area contributed by atoms with E-state index in [1.165, 1.54) is 23.0 Å². The van der Waals surface area contributed by atoms with Crippen LogP contribution in [0.3, 0.4) is 0 Å². The Labute approximate surface area is 177 Å². The molecular formula is C24H27N3OS. The minimum Gasteiger partial charge on any atom is -0.369 e. The Bertz CT molecular complexity index is 1010. The third-order valence-corrected chi connectivity index (χ3v) is 7.00. The number of hydrogen-bond donors (Lipinski definition) is 0. The van der Waals surface area contributed by atoms with Gasteiger partial charge in [0.2, 0.25) is 0 Å². The van der Waals surface area contributed by atoms with Crippen LogP contribution in [0, 0.1) is 0 Å². The molecule has 2 aliphatic heterocycles. The highest BCUT2D eigenvalue weighted by atomic mass is 32.2. The molecule has 0 saturated carbocycles. The smallest absolute Gasteiger partial charge is 0.266 e. The summed E-state index contributed by atoms with van der Waals surface area (Å²) in [6, 6.07) is 16.3. The van der Waals surface area contributed by atoms with Gasteiger partial charge in [-0.2, -0.15) is 0 Å². The van der Waals surface area contributed by atoms with Gasteiger partial charge in [0.15, 0.2) is 5.17 Å². The molecule has 1 amide bonds. The van der Waals surface area contributed by atoms with Crippen LogP contribution >= 0.6 is 11.8 Å². The lowest BCUT2D eigenvalue weighted by atomic mass is 9.80. The Hall–Kier alpha value is -2.53. The van der Waals surface area contributed by atoms with Crippen LogP contribution in [-0.4, -0.2) is 35.6 Å². The van der Waals surface area contributed by atoms with Crippen LogP contribution in [0.2, 0.25) is 0 Å². The molecule has 0 N–H and O–H groups in total. The molecule has 1 fully saturated rings. The van der Waals surface area contributed by atoms with Crippen molar-refractivity contribution in [3.63, 3.8) is 0 Å². The number of carbonyl (C=O) groups is 1. The zero-order chi connectivity index (χ0) is 20.8. The monoisotopic (exact) mass is 405 g/mol. The van der Waals surface area contributed by atoms with E-state index in [1.807, 2.05) is 36.4 Å². The fraction of sp³-hybridized carbons (Fsp3) is 0.333. The van der Waals surface area contributed by atoms with Crippen LogP contribution < -0.4 is 4.90 Å². The normalized spacial score (nSPS) is 23.8. The summed E-state index contributed by atoms with van der Waals surface area (Å²) in [7, 11) is 3.95. The SMILES string of the molecule is C[C@H]1CC(C)(C)N(C)c2ccc(/C=C3\SC(=Nc4ccccc4)N(C)C3=O)cc21. The molecule has 2 aromatic carbocycles. The van der Waals surface area contributed by atoms with Crippen molar-refractivity contribution in [3.8, 4) is 0 Å². The average molecular weight is 406 g/mol. The summed E-state index contributed by atoms with van der Waals surface area (Å²) < 4.78 is 0. The van der Waals surface area contributed by atoms with E-state index in [9.17, 15) is 4.79 Å². The molecule has 0 spiro atoms. The molecule has 0 aliphatic carbocycles. The van der Waals surface area contributed by atoms with Crippen LogP contribution in [-0.2, 0) is 4.79 Å². The van der Waals surface area contributed by atoms with Gasteiger partial charge in [0.1, 0.15) is 0 Å². The van der Waals surface area contributed by atoms with Crippen molar-refractivity contribution < 1.29 is 4.79 Å². The largest absolute Gasteiger partial charge is 0.369 e. The van der Waals surface area contributed by atoms with Gasteiger partial charge in [-0.15, -0.1) is 0 Å². The van der Waals surface area contributed by atoms with E-state index in [0.717, 1.165) is 17.7 Å². The Balaban J connectivity index is 1.64. The van der Waals surface area contributed by atoms with Gasteiger partial charge in [-0.05, 0) is 79.4 Å². The van der Waals surface area contributed by atoms with Crippen molar-refractivity contribution in [1.82, 2.24) is 4.90 Å². The Morgan fingerprint density at radius 1 is 1.14 bits per heavy atom. The number of nitrogens with zero attached hydrogens (tertiary/aromatic N) is 3. The molecule has 5 heteroatoms. The highest BCUT2D eigenvalue weighted by Crippen LogP contribution is 2.43. The number of likely N-dealkylation sites (N-methyl/N-ethyl adjacent to an activating group) is 1. The first-order chi connectivity index (χ1) is 13.8. The molecule has 0 aromatic heterocycles. The summed E-state index contributed by atoms with van der Waals surface area (Å²) in [4.78, 5) is 22.1. The number of benzene rings is 2. The lowest BCUT2D eigenvalue weighted by Gasteiger charge is -2.45. The second-order valence-electron chi connectivity index (χ2n) is 8.50. The van der Waals surface area contributed by atoms with E-state index in [4.69, 9.17) is 0 Å². The van der Waals surface area contributed by atoms with Gasteiger partial charge in [0, 0.05) is 25.3 Å². The van der Waals surface area contributed by atoms with Gasteiger partial charge in [0.25, 0.3) is 5.91 Å². The standard InChI is InChI=1S/C24H27N3OS/c1-16-15-24(2,3)27(5)20-12-11-17(13-19(16)20)14-21-22(28)26(4)23(29-21)25-18-9-7-6-8-10-18/h6-14,16H,15H2,1-5H3/b21-14-,25-23?/t16-/m0/s1. The van der Waals surface area contributed by atoms with E-state index in [1.54, 1.807) is 11.9 Å². The van der Waals surface area contributed by atoms with Gasteiger partial charge in [0.05, 0.1) is 10.6 Å². The molecule has 150 valence electrons. The molecule has 4 rings (SSSR count). The van der Waals surface area contributed by atoms with Crippen LogP contribution in [0.4, 0.5) is 11.4 Å². The zero-order valence-electron chi connectivity index (χ0n) is 17.6. The molecule has 1 atom stereocenters. The fourth-order valence-electron chi connectivity index (χ4n) is 4.10. The first-order valence-electron chi connectivity index (χ1n) is 9.95. The molecular weight excluding hydrogens is 378 g/mol. The highest BCUT2D eigenvalue weighted by Gasteiger charge is 2.34. The van der Waals surface area contributed by atoms with E-state index in [0.29, 0.717) is 16.0 Å². The average Bonchev–Trinajstić information content (AvgIpc) is 2.95. The fourth-order valence-corrected chi connectivity index (χ4v) is 5.09. The molecule has 0 bridgehead atoms. The molecule has 0 radical (unpaired) electrons. The third kappa shape index (κ3) is 3.71. The summed E-state index contributed by atoms with van der Waals surface area (Å²) in [6.45, 7) is 6.87. The van der Waals surface area contributed by atoms with Crippen LogP contribution in [0.25, 0.3) is 6.08 Å². The second-order valence-corrected chi connectivity index (χ2v) is 9.51. The number of hydrogen-bond acceptors (Lipinski definition) is 4. The van der Waals surface area contributed by atoms with Gasteiger partial charge < -0.3 is 4.90 Å². The first kappa shape index (κ1) is 19.8. The maximum Gasteiger partial charge on any atom is 0.266 e. The highest BCUT2D eigenvalue weighted by molar-refractivity contribution is 8.18. The molecule has 0 unspecified atom stereocenters. The van der Waals surface area contributed by atoms with Gasteiger partial charge >= 0.3 is 0 Å². The number of aliphatic imine (C=N–C) groups is 1. The molecule has 1 saturated heterocycles. The summed E-state index contributed by atoms with van der Waals surface area (Å²) >= 11 is 1.43. The second kappa shape index (κ2) is 7.38. The number of amidine groups is 1. The quantitative estimate of drug-likeness (QED) is 0.607. The van der Waals surface area contributed by atoms with E-state index in [-0.39, 0.29) is 11.4 Å². The van der Waals surface area contributed by atoms with E-state index < -0.39 is 0 Å². The summed E-state index contributed by atoms with van der Waals surface area (Å²) in [5.41, 5.74) is 4.70. The Morgan fingerprint density at radius 2 is 1.86 bits per heavy atom. The number of fused-ring (bicyclic) bond motifs is 1. The molecule has 29 heavy (non-hydrogen) atoms. The molecule has 2 heterocycles. The number of para-hydroxylation sites is 1. The van der Waals surface area contributed by atoms with Crippen LogP contribution in [0.15, 0.2) is 58.4 Å². The lowest BCUT2D eigenvalue weighted by Crippen LogP contribution is -2.45. The summed E-state index contributed by atoms with van der Waals surface area (Å²) in [5.74, 6) is 0.480.